The molecule has 156 valence electrons. The van der Waals surface area contributed by atoms with Crippen LogP contribution in [-0.4, -0.2) is 26.0 Å². The first-order chi connectivity index (χ1) is 15.1. The number of rotatable bonds is 8. The number of ether oxygens (including phenoxy) is 3. The van der Waals surface area contributed by atoms with Gasteiger partial charge in [-0.1, -0.05) is 30.3 Å². The summed E-state index contributed by atoms with van der Waals surface area (Å²) in [6.07, 6.45) is 6.19. The predicted molar refractivity (Wildman–Crippen MR) is 120 cm³/mol. The van der Waals surface area contributed by atoms with Crippen LogP contribution in [0, 0.1) is 0 Å². The van der Waals surface area contributed by atoms with Gasteiger partial charge in [-0.05, 0) is 60.2 Å². The third kappa shape index (κ3) is 6.18. The van der Waals surface area contributed by atoms with E-state index >= 15 is 0 Å². The standard InChI is InChI=1S/C26H22O5/c1-29-23-15-11-21(25(18-23)30-2)12-16-24(27)20-9-13-22(14-10-20)31-26(28)17-8-19-6-4-3-5-7-19/h3-18H,1-2H3. The summed E-state index contributed by atoms with van der Waals surface area (Å²) in [6, 6.07) is 21.2. The number of esters is 1. The highest BCUT2D eigenvalue weighted by Crippen LogP contribution is 2.25. The van der Waals surface area contributed by atoms with E-state index in [0.29, 0.717) is 22.8 Å². The second kappa shape index (κ2) is 10.6. The smallest absolute Gasteiger partial charge is 0.336 e. The molecule has 3 rings (SSSR count). The number of hydrogen-bond donors (Lipinski definition) is 0. The molecule has 5 heteroatoms. The maximum atomic E-state index is 12.5. The number of benzene rings is 3. The normalized spacial score (nSPS) is 10.9. The van der Waals surface area contributed by atoms with E-state index in [9.17, 15) is 9.59 Å². The monoisotopic (exact) mass is 414 g/mol. The van der Waals surface area contributed by atoms with Gasteiger partial charge in [0.05, 0.1) is 14.2 Å². The fourth-order valence-corrected chi connectivity index (χ4v) is 2.78. The molecule has 0 N–H and O–H groups in total. The van der Waals surface area contributed by atoms with Crippen molar-refractivity contribution in [1.29, 1.82) is 0 Å². The molecule has 0 bridgehead atoms. The molecule has 3 aromatic carbocycles. The highest BCUT2D eigenvalue weighted by Gasteiger charge is 2.06. The van der Waals surface area contributed by atoms with Gasteiger partial charge >= 0.3 is 5.97 Å². The van der Waals surface area contributed by atoms with Crippen molar-refractivity contribution in [3.05, 3.63) is 102 Å². The number of allylic oxidation sites excluding steroid dienone is 1. The van der Waals surface area contributed by atoms with Crippen molar-refractivity contribution in [2.75, 3.05) is 14.2 Å². The van der Waals surface area contributed by atoms with Crippen molar-refractivity contribution >= 4 is 23.9 Å². The summed E-state index contributed by atoms with van der Waals surface area (Å²) in [4.78, 5) is 24.4. The van der Waals surface area contributed by atoms with Gasteiger partial charge in [0.15, 0.2) is 5.78 Å². The molecular formula is C26H22O5. The van der Waals surface area contributed by atoms with E-state index < -0.39 is 5.97 Å². The number of hydrogen-bond acceptors (Lipinski definition) is 5. The summed E-state index contributed by atoms with van der Waals surface area (Å²) in [6.45, 7) is 0. The Labute approximate surface area is 181 Å². The zero-order chi connectivity index (χ0) is 22.1. The zero-order valence-corrected chi connectivity index (χ0v) is 17.3. The second-order valence-corrected chi connectivity index (χ2v) is 6.49. The van der Waals surface area contributed by atoms with Crippen LogP contribution in [0.2, 0.25) is 0 Å². The van der Waals surface area contributed by atoms with Crippen LogP contribution in [0.5, 0.6) is 17.2 Å². The van der Waals surface area contributed by atoms with Crippen LogP contribution >= 0.6 is 0 Å². The Bertz CT molecular complexity index is 1100. The lowest BCUT2D eigenvalue weighted by atomic mass is 10.1. The molecule has 3 aromatic rings. The Hall–Kier alpha value is -4.12. The van der Waals surface area contributed by atoms with Crippen LogP contribution in [-0.2, 0) is 4.79 Å². The molecule has 0 spiro atoms. The SMILES string of the molecule is COc1ccc(C=CC(=O)c2ccc(OC(=O)C=Cc3ccccc3)cc2)c(OC)c1. The van der Waals surface area contributed by atoms with Crippen LogP contribution in [0.4, 0.5) is 0 Å². The van der Waals surface area contributed by atoms with E-state index in [0.717, 1.165) is 11.1 Å². The molecule has 0 aliphatic carbocycles. The summed E-state index contributed by atoms with van der Waals surface area (Å²) in [5, 5.41) is 0. The molecule has 31 heavy (non-hydrogen) atoms. The topological polar surface area (TPSA) is 61.8 Å². The molecule has 0 saturated heterocycles. The minimum atomic E-state index is -0.491. The van der Waals surface area contributed by atoms with Crippen LogP contribution < -0.4 is 14.2 Å². The predicted octanol–water partition coefficient (Wildman–Crippen LogP) is 5.22. The maximum absolute atomic E-state index is 12.5. The molecule has 0 atom stereocenters. The highest BCUT2D eigenvalue weighted by atomic mass is 16.5. The zero-order valence-electron chi connectivity index (χ0n) is 17.3. The summed E-state index contributed by atoms with van der Waals surface area (Å²) in [5.41, 5.74) is 2.14. The van der Waals surface area contributed by atoms with Crippen molar-refractivity contribution in [1.82, 2.24) is 0 Å². The van der Waals surface area contributed by atoms with E-state index in [1.54, 1.807) is 62.8 Å². The first-order valence-electron chi connectivity index (χ1n) is 9.58. The number of ketones is 1. The highest BCUT2D eigenvalue weighted by molar-refractivity contribution is 6.07. The van der Waals surface area contributed by atoms with E-state index in [-0.39, 0.29) is 5.78 Å². The van der Waals surface area contributed by atoms with Crippen LogP contribution in [0.25, 0.3) is 12.2 Å². The summed E-state index contributed by atoms with van der Waals surface area (Å²) in [7, 11) is 3.14. The van der Waals surface area contributed by atoms with Gasteiger partial charge in [-0.15, -0.1) is 0 Å². The van der Waals surface area contributed by atoms with Crippen molar-refractivity contribution < 1.29 is 23.8 Å². The second-order valence-electron chi connectivity index (χ2n) is 6.49. The van der Waals surface area contributed by atoms with Gasteiger partial charge in [0.1, 0.15) is 17.2 Å². The fourth-order valence-electron chi connectivity index (χ4n) is 2.78. The van der Waals surface area contributed by atoms with Gasteiger partial charge in [-0.3, -0.25) is 4.79 Å². The van der Waals surface area contributed by atoms with Crippen molar-refractivity contribution in [2.24, 2.45) is 0 Å². The van der Waals surface area contributed by atoms with E-state index in [1.807, 2.05) is 36.4 Å². The quantitative estimate of drug-likeness (QED) is 0.219. The van der Waals surface area contributed by atoms with Gasteiger partial charge < -0.3 is 14.2 Å². The van der Waals surface area contributed by atoms with E-state index in [4.69, 9.17) is 14.2 Å². The first kappa shape index (κ1) is 21.6. The Kier molecular flexibility index (Phi) is 7.38. The van der Waals surface area contributed by atoms with Gasteiger partial charge in [-0.25, -0.2) is 4.79 Å². The molecule has 0 aliphatic rings. The van der Waals surface area contributed by atoms with Crippen molar-refractivity contribution in [3.8, 4) is 17.2 Å². The van der Waals surface area contributed by atoms with Gasteiger partial charge in [-0.2, -0.15) is 0 Å². The maximum Gasteiger partial charge on any atom is 0.336 e. The third-order valence-corrected chi connectivity index (χ3v) is 4.42. The van der Waals surface area contributed by atoms with Crippen LogP contribution in [0.3, 0.4) is 0 Å². The minimum Gasteiger partial charge on any atom is -0.497 e. The van der Waals surface area contributed by atoms with Crippen molar-refractivity contribution in [2.45, 2.75) is 0 Å². The molecule has 0 heterocycles. The van der Waals surface area contributed by atoms with Gasteiger partial charge in [0.2, 0.25) is 0 Å². The Morgan fingerprint density at radius 1 is 0.742 bits per heavy atom. The summed E-state index contributed by atoms with van der Waals surface area (Å²) in [5.74, 6) is 0.965. The molecule has 0 fully saturated rings. The lowest BCUT2D eigenvalue weighted by Gasteiger charge is -2.07. The Balaban J connectivity index is 1.62. The average molecular weight is 414 g/mol. The summed E-state index contributed by atoms with van der Waals surface area (Å²) < 4.78 is 15.8. The van der Waals surface area contributed by atoms with E-state index in [1.165, 1.54) is 12.2 Å². The first-order valence-corrected chi connectivity index (χ1v) is 9.58. The molecule has 0 saturated carbocycles. The summed E-state index contributed by atoms with van der Waals surface area (Å²) >= 11 is 0. The molecule has 0 amide bonds. The molecule has 0 aliphatic heterocycles. The van der Waals surface area contributed by atoms with Crippen LogP contribution in [0.1, 0.15) is 21.5 Å². The molecule has 0 aromatic heterocycles. The van der Waals surface area contributed by atoms with Gasteiger partial charge in [0.25, 0.3) is 0 Å². The number of carbonyl (C=O) groups is 2. The Morgan fingerprint density at radius 3 is 2.13 bits per heavy atom. The molecule has 0 radical (unpaired) electrons. The van der Waals surface area contributed by atoms with E-state index in [2.05, 4.69) is 0 Å². The minimum absolute atomic E-state index is 0.181. The van der Waals surface area contributed by atoms with Crippen molar-refractivity contribution in [3.63, 3.8) is 0 Å². The lowest BCUT2D eigenvalue weighted by molar-refractivity contribution is -0.128. The molecular weight excluding hydrogens is 392 g/mol. The lowest BCUT2D eigenvalue weighted by Crippen LogP contribution is -2.04. The number of methoxy groups -OCH3 is 2. The third-order valence-electron chi connectivity index (χ3n) is 4.42. The van der Waals surface area contributed by atoms with Gasteiger partial charge in [0, 0.05) is 23.3 Å². The largest absolute Gasteiger partial charge is 0.497 e. The number of carbonyl (C=O) groups excluding carboxylic acids is 2. The van der Waals surface area contributed by atoms with Crippen LogP contribution in [0.15, 0.2) is 84.9 Å². The molecule has 5 nitrogen and oxygen atoms in total. The average Bonchev–Trinajstić information content (AvgIpc) is 2.82. The fraction of sp³-hybridized carbons (Fsp3) is 0.0769. The molecule has 0 unspecified atom stereocenters. The Morgan fingerprint density at radius 2 is 1.45 bits per heavy atom.